The van der Waals surface area contributed by atoms with E-state index in [-0.39, 0.29) is 0 Å². The first-order chi connectivity index (χ1) is 6.24. The summed E-state index contributed by atoms with van der Waals surface area (Å²) in [6, 6.07) is 0. The van der Waals surface area contributed by atoms with Gasteiger partial charge in [-0.2, -0.15) is 5.10 Å². The van der Waals surface area contributed by atoms with Gasteiger partial charge in [-0.15, -0.1) is 0 Å². The molecule has 0 aromatic carbocycles. The highest BCUT2D eigenvalue weighted by Crippen LogP contribution is 1.96. The third-order valence-electron chi connectivity index (χ3n) is 1.40. The second-order valence-corrected chi connectivity index (χ2v) is 3.76. The van der Waals surface area contributed by atoms with E-state index in [1.807, 2.05) is 13.2 Å². The molecule has 0 fully saturated rings. The molecule has 0 aliphatic rings. The van der Waals surface area contributed by atoms with E-state index in [0.717, 1.165) is 11.4 Å². The number of hydrogen-bond acceptors (Lipinski definition) is 4. The van der Waals surface area contributed by atoms with Gasteiger partial charge in [0.05, 0.1) is 12.5 Å². The second-order valence-electron chi connectivity index (χ2n) is 2.27. The first-order valence-electron chi connectivity index (χ1n) is 3.61. The molecule has 6 heteroatoms. The number of aromatic amines is 1. The Kier molecular flexibility index (Phi) is 3.91. The Morgan fingerprint density at radius 2 is 2.62 bits per heavy atom. The van der Waals surface area contributed by atoms with Crippen LogP contribution in [0.3, 0.4) is 0 Å². The Bertz CT molecular complexity index is 318. The van der Waals surface area contributed by atoms with Gasteiger partial charge < -0.3 is 4.98 Å². The number of thiocarbonyl (C=S) groups is 1. The van der Waals surface area contributed by atoms with Crippen molar-refractivity contribution in [2.45, 2.75) is 6.92 Å². The number of imidazole rings is 1. The molecule has 0 aliphatic heterocycles. The van der Waals surface area contributed by atoms with Crippen molar-refractivity contribution in [1.82, 2.24) is 15.4 Å². The molecule has 0 unspecified atom stereocenters. The van der Waals surface area contributed by atoms with E-state index in [4.69, 9.17) is 12.2 Å². The molecular weight excluding hydrogens is 204 g/mol. The van der Waals surface area contributed by atoms with Crippen LogP contribution in [-0.2, 0) is 0 Å². The van der Waals surface area contributed by atoms with Crippen LogP contribution in [0.25, 0.3) is 0 Å². The lowest BCUT2D eigenvalue weighted by Gasteiger charge is -1.95. The zero-order valence-corrected chi connectivity index (χ0v) is 9.00. The molecule has 0 radical (unpaired) electrons. The van der Waals surface area contributed by atoms with Crippen LogP contribution in [0.1, 0.15) is 11.4 Å². The van der Waals surface area contributed by atoms with Gasteiger partial charge in [-0.1, -0.05) is 24.0 Å². The van der Waals surface area contributed by atoms with Crippen molar-refractivity contribution < 1.29 is 0 Å². The van der Waals surface area contributed by atoms with Crippen molar-refractivity contribution in [1.29, 1.82) is 0 Å². The summed E-state index contributed by atoms with van der Waals surface area (Å²) in [5.41, 5.74) is 4.51. The molecule has 13 heavy (non-hydrogen) atoms. The standard InChI is InChI=1S/C7H10N4S2/c1-5-6(9-4-8-5)3-10-11-7(12)13-2/h3-4H,1-2H3,(H,8,9)(H,11,12). The molecule has 2 N–H and O–H groups in total. The summed E-state index contributed by atoms with van der Waals surface area (Å²) in [6.07, 6.45) is 5.16. The largest absolute Gasteiger partial charge is 0.348 e. The van der Waals surface area contributed by atoms with E-state index in [0.29, 0.717) is 4.32 Å². The zero-order chi connectivity index (χ0) is 9.68. The van der Waals surface area contributed by atoms with Crippen molar-refractivity contribution in [3.05, 3.63) is 17.7 Å². The molecule has 0 atom stereocenters. The topological polar surface area (TPSA) is 53.1 Å². The van der Waals surface area contributed by atoms with Crippen LogP contribution < -0.4 is 5.43 Å². The molecule has 1 heterocycles. The third kappa shape index (κ3) is 3.16. The van der Waals surface area contributed by atoms with Crippen molar-refractivity contribution in [3.63, 3.8) is 0 Å². The quantitative estimate of drug-likeness (QED) is 0.442. The Morgan fingerprint density at radius 1 is 1.85 bits per heavy atom. The van der Waals surface area contributed by atoms with Crippen molar-refractivity contribution in [2.24, 2.45) is 5.10 Å². The highest BCUT2D eigenvalue weighted by molar-refractivity contribution is 8.22. The van der Waals surface area contributed by atoms with Crippen LogP contribution in [-0.4, -0.2) is 26.8 Å². The maximum absolute atomic E-state index is 4.89. The van der Waals surface area contributed by atoms with Crippen LogP contribution in [0.4, 0.5) is 0 Å². The minimum absolute atomic E-state index is 0.643. The molecule has 0 aliphatic carbocycles. The second kappa shape index (κ2) is 4.98. The van der Waals surface area contributed by atoms with Gasteiger partial charge in [-0.25, -0.2) is 4.98 Å². The summed E-state index contributed by atoms with van der Waals surface area (Å²) in [6.45, 7) is 1.93. The molecular formula is C7H10N4S2. The van der Waals surface area contributed by atoms with E-state index in [9.17, 15) is 0 Å². The lowest BCUT2D eigenvalue weighted by Crippen LogP contribution is -2.10. The van der Waals surface area contributed by atoms with E-state index in [2.05, 4.69) is 20.5 Å². The number of hydrogen-bond donors (Lipinski definition) is 2. The van der Waals surface area contributed by atoms with E-state index in [1.165, 1.54) is 11.8 Å². The third-order valence-corrected chi connectivity index (χ3v) is 2.45. The Labute approximate surface area is 86.2 Å². The van der Waals surface area contributed by atoms with Crippen LogP contribution in [0.15, 0.2) is 11.4 Å². The van der Waals surface area contributed by atoms with Gasteiger partial charge in [0.2, 0.25) is 0 Å². The molecule has 1 aromatic heterocycles. The molecule has 0 spiro atoms. The first-order valence-corrected chi connectivity index (χ1v) is 5.24. The Morgan fingerprint density at radius 3 is 3.15 bits per heavy atom. The summed E-state index contributed by atoms with van der Waals surface area (Å²) in [7, 11) is 0. The molecule has 0 saturated heterocycles. The van der Waals surface area contributed by atoms with Gasteiger partial charge >= 0.3 is 0 Å². The average molecular weight is 214 g/mol. The average Bonchev–Trinajstić information content (AvgIpc) is 2.52. The molecule has 0 bridgehead atoms. The van der Waals surface area contributed by atoms with Crippen LogP contribution in [0, 0.1) is 6.92 Å². The molecule has 70 valence electrons. The van der Waals surface area contributed by atoms with E-state index < -0.39 is 0 Å². The summed E-state index contributed by atoms with van der Waals surface area (Å²) in [4.78, 5) is 7.00. The highest BCUT2D eigenvalue weighted by atomic mass is 32.2. The van der Waals surface area contributed by atoms with Crippen LogP contribution >= 0.6 is 24.0 Å². The molecule has 1 rings (SSSR count). The number of aromatic nitrogens is 2. The lowest BCUT2D eigenvalue weighted by molar-refractivity contribution is 1.07. The summed E-state index contributed by atoms with van der Waals surface area (Å²) in [5, 5.41) is 3.93. The predicted molar refractivity (Wildman–Crippen MR) is 60.2 cm³/mol. The number of H-pyrrole nitrogens is 1. The number of hydrazone groups is 1. The monoisotopic (exact) mass is 214 g/mol. The number of aryl methyl sites for hydroxylation is 1. The van der Waals surface area contributed by atoms with E-state index in [1.54, 1.807) is 12.5 Å². The number of thioether (sulfide) groups is 1. The molecule has 0 saturated carbocycles. The summed E-state index contributed by atoms with van der Waals surface area (Å²) < 4.78 is 0.643. The van der Waals surface area contributed by atoms with Crippen molar-refractivity contribution in [2.75, 3.05) is 6.26 Å². The molecule has 4 nitrogen and oxygen atoms in total. The SMILES string of the molecule is CSC(=S)NN=Cc1nc[nH]c1C. The number of rotatable bonds is 2. The van der Waals surface area contributed by atoms with Gasteiger partial charge in [-0.05, 0) is 13.2 Å². The normalized spacial score (nSPS) is 10.6. The fourth-order valence-corrected chi connectivity index (χ4v) is 0.888. The first kappa shape index (κ1) is 10.2. The Hall–Kier alpha value is -0.880. The molecule has 1 aromatic rings. The van der Waals surface area contributed by atoms with Gasteiger partial charge in [-0.3, -0.25) is 5.43 Å². The van der Waals surface area contributed by atoms with Crippen molar-refractivity contribution >= 4 is 34.5 Å². The maximum atomic E-state index is 4.89. The van der Waals surface area contributed by atoms with Crippen LogP contribution in [0.2, 0.25) is 0 Å². The van der Waals surface area contributed by atoms with Crippen LogP contribution in [0.5, 0.6) is 0 Å². The number of nitrogens with one attached hydrogen (secondary N) is 2. The maximum Gasteiger partial charge on any atom is 0.153 e. The zero-order valence-electron chi connectivity index (χ0n) is 7.37. The lowest BCUT2D eigenvalue weighted by atomic mass is 10.4. The summed E-state index contributed by atoms with van der Waals surface area (Å²) >= 11 is 6.34. The predicted octanol–water partition coefficient (Wildman–Crippen LogP) is 1.29. The fraction of sp³-hybridized carbons (Fsp3) is 0.286. The van der Waals surface area contributed by atoms with Crippen molar-refractivity contribution in [3.8, 4) is 0 Å². The highest BCUT2D eigenvalue weighted by Gasteiger charge is 1.95. The van der Waals surface area contributed by atoms with Gasteiger partial charge in [0.15, 0.2) is 4.32 Å². The van der Waals surface area contributed by atoms with Gasteiger partial charge in [0.25, 0.3) is 0 Å². The molecule has 0 amide bonds. The number of nitrogens with zero attached hydrogens (tertiary/aromatic N) is 2. The fourth-order valence-electron chi connectivity index (χ4n) is 0.691. The minimum Gasteiger partial charge on any atom is -0.348 e. The summed E-state index contributed by atoms with van der Waals surface area (Å²) in [5.74, 6) is 0. The smallest absolute Gasteiger partial charge is 0.153 e. The van der Waals surface area contributed by atoms with Gasteiger partial charge in [0.1, 0.15) is 5.69 Å². The van der Waals surface area contributed by atoms with E-state index >= 15 is 0 Å². The minimum atomic E-state index is 0.643. The van der Waals surface area contributed by atoms with Gasteiger partial charge in [0, 0.05) is 5.69 Å². The Balaban J connectivity index is 2.50.